The van der Waals surface area contributed by atoms with Crippen molar-refractivity contribution in [3.63, 3.8) is 0 Å². The van der Waals surface area contributed by atoms with Crippen LogP contribution in [0.4, 0.5) is 5.82 Å². The molecule has 0 saturated carbocycles. The molecule has 2 N–H and O–H groups in total. The molecule has 3 atom stereocenters. The van der Waals surface area contributed by atoms with E-state index in [2.05, 4.69) is 43.0 Å². The first-order chi connectivity index (χ1) is 16.5. The maximum Gasteiger partial charge on any atom is 0.232 e. The molecule has 2 aromatic rings. The van der Waals surface area contributed by atoms with E-state index in [1.54, 1.807) is 17.7 Å². The highest BCUT2D eigenvalue weighted by atomic mass is 79.9. The minimum atomic E-state index is -0.511. The summed E-state index contributed by atoms with van der Waals surface area (Å²) >= 11 is 5.29. The topological polar surface area (TPSA) is 90.8 Å². The summed E-state index contributed by atoms with van der Waals surface area (Å²) in [5.74, 6) is 1.12. The van der Waals surface area contributed by atoms with Gasteiger partial charge in [-0.1, -0.05) is 6.92 Å². The molecule has 8 nitrogen and oxygen atoms in total. The van der Waals surface area contributed by atoms with E-state index in [1.165, 1.54) is 0 Å². The Balaban J connectivity index is 1.27. The fourth-order valence-electron chi connectivity index (χ4n) is 5.35. The third-order valence-corrected chi connectivity index (χ3v) is 9.25. The molecule has 2 fully saturated rings. The van der Waals surface area contributed by atoms with E-state index in [1.807, 2.05) is 16.3 Å². The predicted molar refractivity (Wildman–Crippen MR) is 135 cm³/mol. The molecule has 0 spiro atoms. The van der Waals surface area contributed by atoms with Gasteiger partial charge in [0.2, 0.25) is 5.91 Å². The molecule has 4 heterocycles. The monoisotopic (exact) mass is 549 g/mol. The molecular formula is C24H32BrN5O3S. The van der Waals surface area contributed by atoms with Gasteiger partial charge < -0.3 is 25.0 Å². The second-order valence-corrected chi connectivity index (χ2v) is 11.2. The van der Waals surface area contributed by atoms with E-state index in [0.717, 1.165) is 65.6 Å². The van der Waals surface area contributed by atoms with Crippen molar-refractivity contribution in [3.05, 3.63) is 38.4 Å². The zero-order valence-corrected chi connectivity index (χ0v) is 21.9. The minimum Gasteiger partial charge on any atom is -0.387 e. The Labute approximate surface area is 212 Å². The minimum absolute atomic E-state index is 0.180. The molecule has 10 heteroatoms. The van der Waals surface area contributed by atoms with Gasteiger partial charge in [0.05, 0.1) is 17.7 Å². The van der Waals surface area contributed by atoms with Crippen LogP contribution in [0.2, 0.25) is 0 Å². The molecule has 0 radical (unpaired) electrons. The molecule has 0 unspecified atom stereocenters. The van der Waals surface area contributed by atoms with E-state index in [0.29, 0.717) is 32.1 Å². The second kappa shape index (κ2) is 10.6. The summed E-state index contributed by atoms with van der Waals surface area (Å²) in [6.07, 6.45) is 3.71. The van der Waals surface area contributed by atoms with Crippen LogP contribution < -0.4 is 10.2 Å². The van der Waals surface area contributed by atoms with Gasteiger partial charge in [0.1, 0.15) is 12.1 Å². The molecule has 2 aliphatic heterocycles. The molecule has 1 amide bonds. The lowest BCUT2D eigenvalue weighted by atomic mass is 10.0. The quantitative estimate of drug-likeness (QED) is 0.572. The lowest BCUT2D eigenvalue weighted by Crippen LogP contribution is -2.51. The molecule has 184 valence electrons. The molecule has 0 bridgehead atoms. The SMILES string of the molecule is C[C@@H]1C[C@@H](O)c2ncnc(N3CCN(C(=O)[C@H](CNC4CCOCC4)c4sccc4Br)CC3)c21. The number of aromatic nitrogens is 2. The third-order valence-electron chi connectivity index (χ3n) is 7.26. The Morgan fingerprint density at radius 1 is 1.29 bits per heavy atom. The Morgan fingerprint density at radius 2 is 2.06 bits per heavy atom. The van der Waals surface area contributed by atoms with Gasteiger partial charge in [-0.15, -0.1) is 11.3 Å². The van der Waals surface area contributed by atoms with Crippen LogP contribution >= 0.6 is 27.3 Å². The van der Waals surface area contributed by atoms with Gasteiger partial charge in [0, 0.05) is 66.9 Å². The maximum absolute atomic E-state index is 13.7. The Bertz CT molecular complexity index is 1010. The van der Waals surface area contributed by atoms with Crippen LogP contribution in [-0.2, 0) is 9.53 Å². The summed E-state index contributed by atoms with van der Waals surface area (Å²) in [7, 11) is 0. The molecule has 2 saturated heterocycles. The number of hydrogen-bond donors (Lipinski definition) is 2. The number of fused-ring (bicyclic) bond motifs is 1. The Hall–Kier alpha value is -1.59. The van der Waals surface area contributed by atoms with Crippen molar-refractivity contribution >= 4 is 39.0 Å². The number of carbonyl (C=O) groups is 1. The van der Waals surface area contributed by atoms with E-state index in [9.17, 15) is 9.90 Å². The van der Waals surface area contributed by atoms with Crippen LogP contribution in [0, 0.1) is 0 Å². The number of anilines is 1. The number of halogens is 1. The van der Waals surface area contributed by atoms with Gasteiger partial charge in [-0.05, 0) is 52.6 Å². The highest BCUT2D eigenvalue weighted by Gasteiger charge is 2.35. The number of nitrogens with zero attached hydrogens (tertiary/aromatic N) is 4. The van der Waals surface area contributed by atoms with Crippen LogP contribution in [-0.4, -0.2) is 77.9 Å². The van der Waals surface area contributed by atoms with Crippen molar-refractivity contribution in [2.75, 3.05) is 50.8 Å². The molecule has 1 aliphatic carbocycles. The number of piperazine rings is 1. The van der Waals surface area contributed by atoms with Gasteiger partial charge in [0.15, 0.2) is 0 Å². The molecule has 5 rings (SSSR count). The zero-order valence-electron chi connectivity index (χ0n) is 19.5. The average molecular weight is 551 g/mol. The predicted octanol–water partition coefficient (Wildman–Crippen LogP) is 3.04. The smallest absolute Gasteiger partial charge is 0.232 e. The first-order valence-electron chi connectivity index (χ1n) is 12.1. The first kappa shape index (κ1) is 24.1. The van der Waals surface area contributed by atoms with Crippen LogP contribution in [0.1, 0.15) is 60.3 Å². The van der Waals surface area contributed by atoms with Gasteiger partial charge in [-0.2, -0.15) is 0 Å². The van der Waals surface area contributed by atoms with Gasteiger partial charge in [0.25, 0.3) is 0 Å². The number of nitrogens with one attached hydrogen (secondary N) is 1. The number of rotatable bonds is 6. The fourth-order valence-corrected chi connectivity index (χ4v) is 7.09. The summed E-state index contributed by atoms with van der Waals surface area (Å²) in [5.41, 5.74) is 1.83. The molecule has 3 aliphatic rings. The van der Waals surface area contributed by atoms with Crippen molar-refractivity contribution in [2.45, 2.75) is 50.2 Å². The lowest BCUT2D eigenvalue weighted by Gasteiger charge is -2.38. The summed E-state index contributed by atoms with van der Waals surface area (Å²) in [4.78, 5) is 28.0. The zero-order chi connectivity index (χ0) is 23.7. The van der Waals surface area contributed by atoms with Crippen LogP contribution in [0.5, 0.6) is 0 Å². The summed E-state index contributed by atoms with van der Waals surface area (Å²) in [6.45, 7) is 7.09. The number of aliphatic hydroxyl groups is 1. The number of thiophene rings is 1. The standard InChI is InChI=1S/C24H32BrN5O3S/c1-15-12-19(31)21-20(15)23(28-14-27-21)29-5-7-30(8-6-29)24(32)17(22-18(25)4-11-34-22)13-26-16-2-9-33-10-3-16/h4,11,14-17,19,26,31H,2-3,5-10,12-13H2,1H3/t15-,17-,19-/m1/s1. The Morgan fingerprint density at radius 3 is 2.76 bits per heavy atom. The number of ether oxygens (including phenoxy) is 1. The number of hydrogen-bond acceptors (Lipinski definition) is 8. The van der Waals surface area contributed by atoms with Gasteiger partial charge >= 0.3 is 0 Å². The molecule has 34 heavy (non-hydrogen) atoms. The fraction of sp³-hybridized carbons (Fsp3) is 0.625. The average Bonchev–Trinajstić information content (AvgIpc) is 3.42. The summed E-state index contributed by atoms with van der Waals surface area (Å²) < 4.78 is 6.49. The van der Waals surface area contributed by atoms with E-state index in [4.69, 9.17) is 4.74 Å². The maximum atomic E-state index is 13.7. The normalized spacial score (nSPS) is 24.3. The lowest BCUT2D eigenvalue weighted by molar-refractivity contribution is -0.133. The molecule has 2 aromatic heterocycles. The number of amides is 1. The van der Waals surface area contributed by atoms with Gasteiger partial charge in [-0.25, -0.2) is 9.97 Å². The highest BCUT2D eigenvalue weighted by molar-refractivity contribution is 9.10. The first-order valence-corrected chi connectivity index (χ1v) is 13.8. The molecule has 0 aromatic carbocycles. The Kier molecular flexibility index (Phi) is 7.50. The number of carbonyl (C=O) groups excluding carboxylic acids is 1. The van der Waals surface area contributed by atoms with Crippen LogP contribution in [0.25, 0.3) is 0 Å². The number of aliphatic hydroxyl groups excluding tert-OH is 1. The largest absolute Gasteiger partial charge is 0.387 e. The van der Waals surface area contributed by atoms with E-state index in [-0.39, 0.29) is 17.7 Å². The van der Waals surface area contributed by atoms with Crippen molar-refractivity contribution in [1.29, 1.82) is 0 Å². The van der Waals surface area contributed by atoms with Crippen molar-refractivity contribution in [2.24, 2.45) is 0 Å². The molecular weight excluding hydrogens is 518 g/mol. The van der Waals surface area contributed by atoms with Gasteiger partial charge in [-0.3, -0.25) is 4.79 Å². The van der Waals surface area contributed by atoms with E-state index < -0.39 is 6.10 Å². The van der Waals surface area contributed by atoms with Crippen molar-refractivity contribution in [3.8, 4) is 0 Å². The van der Waals surface area contributed by atoms with Crippen LogP contribution in [0.3, 0.4) is 0 Å². The van der Waals surface area contributed by atoms with Crippen LogP contribution in [0.15, 0.2) is 22.2 Å². The summed E-state index contributed by atoms with van der Waals surface area (Å²) in [5, 5.41) is 16.0. The highest BCUT2D eigenvalue weighted by Crippen LogP contribution is 2.43. The van der Waals surface area contributed by atoms with Crippen molar-refractivity contribution < 1.29 is 14.6 Å². The summed E-state index contributed by atoms with van der Waals surface area (Å²) in [6, 6.07) is 2.43. The van der Waals surface area contributed by atoms with Crippen molar-refractivity contribution in [1.82, 2.24) is 20.2 Å². The van der Waals surface area contributed by atoms with E-state index >= 15 is 0 Å². The second-order valence-electron chi connectivity index (χ2n) is 9.44. The third kappa shape index (κ3) is 4.88.